The Hall–Kier alpha value is -0.0800. The van der Waals surface area contributed by atoms with Gasteiger partial charge in [0.1, 0.15) is 0 Å². The molecular formula is C10H21NO. The summed E-state index contributed by atoms with van der Waals surface area (Å²) < 4.78 is 0. The molecule has 0 bridgehead atoms. The Labute approximate surface area is 75.6 Å². The summed E-state index contributed by atoms with van der Waals surface area (Å²) in [7, 11) is 4.16. The number of aliphatic hydroxyl groups is 1. The second-order valence-electron chi connectivity index (χ2n) is 4.25. The third-order valence-electron chi connectivity index (χ3n) is 2.90. The molecule has 0 aromatic carbocycles. The number of hydrogen-bond donors (Lipinski definition) is 1. The Morgan fingerprint density at radius 3 is 2.33 bits per heavy atom. The molecule has 0 aliphatic heterocycles. The predicted octanol–water partition coefficient (Wildman–Crippen LogP) is 1.35. The lowest BCUT2D eigenvalue weighted by Crippen LogP contribution is -2.29. The fourth-order valence-corrected chi connectivity index (χ4v) is 2.25. The average molecular weight is 171 g/mol. The lowest BCUT2D eigenvalue weighted by atomic mass is 9.91. The Morgan fingerprint density at radius 1 is 1.33 bits per heavy atom. The van der Waals surface area contributed by atoms with Gasteiger partial charge >= 0.3 is 0 Å². The minimum absolute atomic E-state index is 0.364. The van der Waals surface area contributed by atoms with Gasteiger partial charge < -0.3 is 10.0 Å². The van der Waals surface area contributed by atoms with Crippen molar-refractivity contribution in [3.8, 4) is 0 Å². The highest BCUT2D eigenvalue weighted by molar-refractivity contribution is 4.76. The zero-order valence-electron chi connectivity index (χ0n) is 8.29. The predicted molar refractivity (Wildman–Crippen MR) is 51.1 cm³/mol. The fraction of sp³-hybridized carbons (Fsp3) is 1.00. The van der Waals surface area contributed by atoms with Crippen LogP contribution in [0.4, 0.5) is 0 Å². The zero-order chi connectivity index (χ0) is 8.97. The molecule has 0 radical (unpaired) electrons. The molecule has 1 N–H and O–H groups in total. The number of nitrogens with zero attached hydrogens (tertiary/aromatic N) is 1. The minimum atomic E-state index is 0.364. The van der Waals surface area contributed by atoms with E-state index in [9.17, 15) is 5.11 Å². The van der Waals surface area contributed by atoms with Gasteiger partial charge in [-0.05, 0) is 25.9 Å². The van der Waals surface area contributed by atoms with Crippen LogP contribution in [0.3, 0.4) is 0 Å². The molecule has 1 unspecified atom stereocenters. The SMILES string of the molecule is CN(C)CC(CO)C1CCCC1. The Balaban J connectivity index is 2.32. The highest BCUT2D eigenvalue weighted by Crippen LogP contribution is 2.31. The summed E-state index contributed by atoms with van der Waals surface area (Å²) in [4.78, 5) is 2.18. The monoisotopic (exact) mass is 171 g/mol. The lowest BCUT2D eigenvalue weighted by molar-refractivity contribution is 0.145. The third-order valence-corrected chi connectivity index (χ3v) is 2.90. The summed E-state index contributed by atoms with van der Waals surface area (Å²) in [5.41, 5.74) is 0. The highest BCUT2D eigenvalue weighted by atomic mass is 16.3. The van der Waals surface area contributed by atoms with Crippen LogP contribution >= 0.6 is 0 Å². The van der Waals surface area contributed by atoms with Gasteiger partial charge in [-0.2, -0.15) is 0 Å². The van der Waals surface area contributed by atoms with Crippen LogP contribution in [0.1, 0.15) is 25.7 Å². The summed E-state index contributed by atoms with van der Waals surface area (Å²) in [6.07, 6.45) is 5.40. The first kappa shape index (κ1) is 10.0. The Kier molecular flexibility index (Phi) is 4.02. The Morgan fingerprint density at radius 2 is 1.92 bits per heavy atom. The molecule has 0 spiro atoms. The van der Waals surface area contributed by atoms with E-state index >= 15 is 0 Å². The molecule has 1 aliphatic rings. The maximum atomic E-state index is 9.21. The molecule has 0 saturated heterocycles. The second kappa shape index (κ2) is 4.83. The molecule has 0 amide bonds. The van der Waals surface area contributed by atoms with Crippen LogP contribution in [-0.4, -0.2) is 37.3 Å². The van der Waals surface area contributed by atoms with Gasteiger partial charge in [0.25, 0.3) is 0 Å². The van der Waals surface area contributed by atoms with Crippen LogP contribution in [-0.2, 0) is 0 Å². The molecule has 72 valence electrons. The maximum absolute atomic E-state index is 9.21. The molecule has 0 aromatic heterocycles. The van der Waals surface area contributed by atoms with E-state index in [1.807, 2.05) is 0 Å². The summed E-state index contributed by atoms with van der Waals surface area (Å²) >= 11 is 0. The van der Waals surface area contributed by atoms with Crippen molar-refractivity contribution in [1.82, 2.24) is 4.90 Å². The van der Waals surface area contributed by atoms with Crippen LogP contribution in [0.5, 0.6) is 0 Å². The van der Waals surface area contributed by atoms with Crippen LogP contribution in [0.2, 0.25) is 0 Å². The van der Waals surface area contributed by atoms with Crippen LogP contribution in [0, 0.1) is 11.8 Å². The second-order valence-corrected chi connectivity index (χ2v) is 4.25. The van der Waals surface area contributed by atoms with Crippen molar-refractivity contribution in [2.24, 2.45) is 11.8 Å². The van der Waals surface area contributed by atoms with Gasteiger partial charge in [-0.3, -0.25) is 0 Å². The number of aliphatic hydroxyl groups excluding tert-OH is 1. The molecule has 1 saturated carbocycles. The molecule has 2 heteroatoms. The summed E-state index contributed by atoms with van der Waals surface area (Å²) in [5, 5.41) is 9.21. The molecule has 1 atom stereocenters. The fourth-order valence-electron chi connectivity index (χ4n) is 2.25. The summed E-state index contributed by atoms with van der Waals surface area (Å²) in [6.45, 7) is 1.41. The van der Waals surface area contributed by atoms with Crippen molar-refractivity contribution in [2.45, 2.75) is 25.7 Å². The van der Waals surface area contributed by atoms with Crippen molar-refractivity contribution in [3.63, 3.8) is 0 Å². The van der Waals surface area contributed by atoms with Crippen molar-refractivity contribution in [3.05, 3.63) is 0 Å². The van der Waals surface area contributed by atoms with Gasteiger partial charge in [0.15, 0.2) is 0 Å². The van der Waals surface area contributed by atoms with Gasteiger partial charge in [0.2, 0.25) is 0 Å². The molecular weight excluding hydrogens is 150 g/mol. The first-order valence-corrected chi connectivity index (χ1v) is 4.99. The first-order chi connectivity index (χ1) is 5.74. The van der Waals surface area contributed by atoms with Crippen molar-refractivity contribution in [2.75, 3.05) is 27.2 Å². The van der Waals surface area contributed by atoms with E-state index in [1.54, 1.807) is 0 Å². The van der Waals surface area contributed by atoms with E-state index in [0.29, 0.717) is 12.5 Å². The first-order valence-electron chi connectivity index (χ1n) is 4.99. The normalized spacial score (nSPS) is 22.0. The number of hydrogen-bond acceptors (Lipinski definition) is 2. The highest BCUT2D eigenvalue weighted by Gasteiger charge is 2.24. The molecule has 12 heavy (non-hydrogen) atoms. The topological polar surface area (TPSA) is 23.5 Å². The van der Waals surface area contributed by atoms with E-state index < -0.39 is 0 Å². The standard InChI is InChI=1S/C10H21NO/c1-11(2)7-10(8-12)9-5-3-4-6-9/h9-10,12H,3-8H2,1-2H3. The van der Waals surface area contributed by atoms with Gasteiger partial charge in [0.05, 0.1) is 0 Å². The summed E-state index contributed by atoms with van der Waals surface area (Å²) in [5.74, 6) is 1.31. The van der Waals surface area contributed by atoms with E-state index in [1.165, 1.54) is 25.7 Å². The molecule has 1 rings (SSSR count). The van der Waals surface area contributed by atoms with Gasteiger partial charge in [-0.1, -0.05) is 25.7 Å². The molecule has 2 nitrogen and oxygen atoms in total. The molecule has 0 aromatic rings. The quantitative estimate of drug-likeness (QED) is 0.690. The molecule has 0 heterocycles. The third kappa shape index (κ3) is 2.76. The van der Waals surface area contributed by atoms with Gasteiger partial charge in [-0.25, -0.2) is 0 Å². The van der Waals surface area contributed by atoms with Crippen molar-refractivity contribution in [1.29, 1.82) is 0 Å². The van der Waals surface area contributed by atoms with Crippen molar-refractivity contribution < 1.29 is 5.11 Å². The van der Waals surface area contributed by atoms with Crippen LogP contribution in [0.25, 0.3) is 0 Å². The zero-order valence-corrected chi connectivity index (χ0v) is 8.29. The van der Waals surface area contributed by atoms with Crippen molar-refractivity contribution >= 4 is 0 Å². The van der Waals surface area contributed by atoms with E-state index in [-0.39, 0.29) is 0 Å². The van der Waals surface area contributed by atoms with Gasteiger partial charge in [-0.15, -0.1) is 0 Å². The van der Waals surface area contributed by atoms with E-state index in [2.05, 4.69) is 19.0 Å². The summed E-state index contributed by atoms with van der Waals surface area (Å²) in [6, 6.07) is 0. The average Bonchev–Trinajstić information content (AvgIpc) is 2.51. The van der Waals surface area contributed by atoms with E-state index in [0.717, 1.165) is 12.5 Å². The molecule has 1 aliphatic carbocycles. The van der Waals surface area contributed by atoms with Gasteiger partial charge in [0, 0.05) is 13.2 Å². The van der Waals surface area contributed by atoms with E-state index in [4.69, 9.17) is 0 Å². The van der Waals surface area contributed by atoms with Crippen LogP contribution < -0.4 is 0 Å². The lowest BCUT2D eigenvalue weighted by Gasteiger charge is -2.24. The maximum Gasteiger partial charge on any atom is 0.0474 e. The Bertz CT molecular complexity index is 119. The molecule has 1 fully saturated rings. The largest absolute Gasteiger partial charge is 0.396 e. The smallest absolute Gasteiger partial charge is 0.0474 e. The number of rotatable bonds is 4. The minimum Gasteiger partial charge on any atom is -0.396 e. The van der Waals surface area contributed by atoms with Crippen LogP contribution in [0.15, 0.2) is 0 Å².